The van der Waals surface area contributed by atoms with E-state index in [0.29, 0.717) is 6.61 Å². The quantitative estimate of drug-likeness (QED) is 0.192. The molecule has 0 aromatic rings. The smallest absolute Gasteiger partial charge is 0.0431 e. The minimum absolute atomic E-state index is 0.363. The second kappa shape index (κ2) is 21.7. The fourth-order valence-electron chi connectivity index (χ4n) is 3.07. The lowest BCUT2D eigenvalue weighted by Gasteiger charge is -2.01. The SMILES string of the molecule is CCCCCCCCCCCC/C=C\CCCCCCCCO. The number of rotatable bonds is 19. The van der Waals surface area contributed by atoms with Crippen LogP contribution in [0, 0.1) is 0 Å². The predicted octanol–water partition coefficient (Wildman–Crippen LogP) is 7.58. The Hall–Kier alpha value is -0.300. The first-order chi connectivity index (χ1) is 11.4. The summed E-state index contributed by atoms with van der Waals surface area (Å²) in [6, 6.07) is 0. The van der Waals surface area contributed by atoms with Gasteiger partial charge in [0.2, 0.25) is 0 Å². The third kappa shape index (κ3) is 21.7. The van der Waals surface area contributed by atoms with Crippen molar-refractivity contribution in [1.29, 1.82) is 0 Å². The van der Waals surface area contributed by atoms with E-state index >= 15 is 0 Å². The van der Waals surface area contributed by atoms with Crippen molar-refractivity contribution < 1.29 is 5.11 Å². The van der Waals surface area contributed by atoms with E-state index in [9.17, 15) is 0 Å². The van der Waals surface area contributed by atoms with Crippen LogP contribution in [0.3, 0.4) is 0 Å². The van der Waals surface area contributed by atoms with Gasteiger partial charge in [0.05, 0.1) is 0 Å². The average Bonchev–Trinajstić information content (AvgIpc) is 2.57. The Morgan fingerprint density at radius 3 is 1.22 bits per heavy atom. The third-order valence-corrected chi connectivity index (χ3v) is 4.67. The van der Waals surface area contributed by atoms with E-state index in [1.807, 2.05) is 0 Å². The number of allylic oxidation sites excluding steroid dienone is 2. The molecule has 0 saturated carbocycles. The maximum atomic E-state index is 8.70. The lowest BCUT2D eigenvalue weighted by atomic mass is 10.1. The number of aliphatic hydroxyl groups excluding tert-OH is 1. The molecule has 0 aliphatic carbocycles. The summed E-state index contributed by atoms with van der Waals surface area (Å²) in [4.78, 5) is 0. The Balaban J connectivity index is 3.03. The lowest BCUT2D eigenvalue weighted by Crippen LogP contribution is -1.83. The second-order valence-corrected chi connectivity index (χ2v) is 7.08. The molecule has 0 rings (SSSR count). The standard InChI is InChI=1S/C22H44O/c1-2-3-4-5-6-7-8-9-10-11-12-13-14-15-16-17-18-19-20-21-22-23/h13-14,23H,2-12,15-22H2,1H3/b14-13-. The zero-order chi connectivity index (χ0) is 16.8. The van der Waals surface area contributed by atoms with E-state index in [0.717, 1.165) is 6.42 Å². The molecule has 1 heteroatoms. The molecule has 0 aromatic carbocycles. The highest BCUT2D eigenvalue weighted by Gasteiger charge is 1.92. The van der Waals surface area contributed by atoms with Crippen LogP contribution in [0.15, 0.2) is 12.2 Å². The molecule has 138 valence electrons. The predicted molar refractivity (Wildman–Crippen MR) is 105 cm³/mol. The van der Waals surface area contributed by atoms with Crippen LogP contribution in [0.4, 0.5) is 0 Å². The zero-order valence-corrected chi connectivity index (χ0v) is 16.0. The minimum atomic E-state index is 0.363. The van der Waals surface area contributed by atoms with Crippen LogP contribution in [0.5, 0.6) is 0 Å². The molecule has 0 fully saturated rings. The summed E-state index contributed by atoms with van der Waals surface area (Å²) in [5, 5.41) is 8.70. The van der Waals surface area contributed by atoms with Crippen molar-refractivity contribution in [2.24, 2.45) is 0 Å². The molecule has 0 heterocycles. The van der Waals surface area contributed by atoms with Crippen LogP contribution >= 0.6 is 0 Å². The van der Waals surface area contributed by atoms with E-state index in [1.165, 1.54) is 109 Å². The van der Waals surface area contributed by atoms with E-state index in [4.69, 9.17) is 5.11 Å². The first-order valence-corrected chi connectivity index (χ1v) is 10.7. The van der Waals surface area contributed by atoms with Gasteiger partial charge in [0, 0.05) is 6.61 Å². The van der Waals surface area contributed by atoms with Crippen molar-refractivity contribution in [3.05, 3.63) is 12.2 Å². The molecule has 0 radical (unpaired) electrons. The highest BCUT2D eigenvalue weighted by Crippen LogP contribution is 2.12. The summed E-state index contributed by atoms with van der Waals surface area (Å²) in [7, 11) is 0. The molecule has 0 amide bonds. The van der Waals surface area contributed by atoms with Crippen molar-refractivity contribution in [2.45, 2.75) is 122 Å². The maximum Gasteiger partial charge on any atom is 0.0431 e. The highest BCUT2D eigenvalue weighted by atomic mass is 16.2. The first kappa shape index (κ1) is 22.7. The molecule has 0 unspecified atom stereocenters. The third-order valence-electron chi connectivity index (χ3n) is 4.67. The Kier molecular flexibility index (Phi) is 21.4. The van der Waals surface area contributed by atoms with Crippen LogP contribution in [0.2, 0.25) is 0 Å². The summed E-state index contributed by atoms with van der Waals surface area (Å²) >= 11 is 0. The van der Waals surface area contributed by atoms with Gasteiger partial charge in [-0.15, -0.1) is 0 Å². The fourth-order valence-corrected chi connectivity index (χ4v) is 3.07. The van der Waals surface area contributed by atoms with Gasteiger partial charge in [-0.05, 0) is 32.1 Å². The van der Waals surface area contributed by atoms with E-state index in [1.54, 1.807) is 0 Å². The van der Waals surface area contributed by atoms with Crippen LogP contribution in [-0.2, 0) is 0 Å². The lowest BCUT2D eigenvalue weighted by molar-refractivity contribution is 0.282. The topological polar surface area (TPSA) is 20.2 Å². The molecule has 1 N–H and O–H groups in total. The van der Waals surface area contributed by atoms with Gasteiger partial charge < -0.3 is 5.11 Å². The molecule has 0 atom stereocenters. The zero-order valence-electron chi connectivity index (χ0n) is 16.0. The molecule has 0 aliphatic heterocycles. The summed E-state index contributed by atoms with van der Waals surface area (Å²) in [5.41, 5.74) is 0. The molecule has 0 aliphatic rings. The van der Waals surface area contributed by atoms with Crippen molar-refractivity contribution in [3.63, 3.8) is 0 Å². The molecule has 0 spiro atoms. The van der Waals surface area contributed by atoms with Crippen molar-refractivity contribution in [3.8, 4) is 0 Å². The second-order valence-electron chi connectivity index (χ2n) is 7.08. The Morgan fingerprint density at radius 2 is 0.826 bits per heavy atom. The van der Waals surface area contributed by atoms with Gasteiger partial charge in [-0.1, -0.05) is 103 Å². The molecule has 0 aromatic heterocycles. The van der Waals surface area contributed by atoms with Crippen LogP contribution in [0.1, 0.15) is 122 Å². The number of unbranched alkanes of at least 4 members (excludes halogenated alkanes) is 16. The van der Waals surface area contributed by atoms with Gasteiger partial charge in [-0.3, -0.25) is 0 Å². The number of hydrogen-bond acceptors (Lipinski definition) is 1. The Labute approximate surface area is 147 Å². The molecule has 1 nitrogen and oxygen atoms in total. The van der Waals surface area contributed by atoms with Crippen molar-refractivity contribution >= 4 is 0 Å². The normalized spacial score (nSPS) is 11.6. The van der Waals surface area contributed by atoms with Crippen LogP contribution < -0.4 is 0 Å². The van der Waals surface area contributed by atoms with Gasteiger partial charge in [0.25, 0.3) is 0 Å². The highest BCUT2D eigenvalue weighted by molar-refractivity contribution is 4.81. The molecular weight excluding hydrogens is 280 g/mol. The number of hydrogen-bond donors (Lipinski definition) is 1. The minimum Gasteiger partial charge on any atom is -0.396 e. The fraction of sp³-hybridized carbons (Fsp3) is 0.909. The largest absolute Gasteiger partial charge is 0.396 e. The van der Waals surface area contributed by atoms with E-state index in [2.05, 4.69) is 19.1 Å². The van der Waals surface area contributed by atoms with Crippen LogP contribution in [0.25, 0.3) is 0 Å². The van der Waals surface area contributed by atoms with Crippen molar-refractivity contribution in [2.75, 3.05) is 6.61 Å². The monoisotopic (exact) mass is 324 g/mol. The van der Waals surface area contributed by atoms with Crippen LogP contribution in [-0.4, -0.2) is 11.7 Å². The van der Waals surface area contributed by atoms with E-state index in [-0.39, 0.29) is 0 Å². The summed E-state index contributed by atoms with van der Waals surface area (Å²) in [6.07, 6.45) is 29.1. The Morgan fingerprint density at radius 1 is 0.478 bits per heavy atom. The van der Waals surface area contributed by atoms with E-state index < -0.39 is 0 Å². The van der Waals surface area contributed by atoms with Gasteiger partial charge in [0.15, 0.2) is 0 Å². The van der Waals surface area contributed by atoms with Gasteiger partial charge in [-0.2, -0.15) is 0 Å². The molecular formula is C22H44O. The van der Waals surface area contributed by atoms with Gasteiger partial charge >= 0.3 is 0 Å². The summed E-state index contributed by atoms with van der Waals surface area (Å²) in [6.45, 7) is 2.65. The molecule has 23 heavy (non-hydrogen) atoms. The molecule has 0 saturated heterocycles. The summed E-state index contributed by atoms with van der Waals surface area (Å²) in [5.74, 6) is 0. The summed E-state index contributed by atoms with van der Waals surface area (Å²) < 4.78 is 0. The first-order valence-electron chi connectivity index (χ1n) is 10.7. The van der Waals surface area contributed by atoms with Crippen molar-refractivity contribution in [1.82, 2.24) is 0 Å². The molecule has 0 bridgehead atoms. The van der Waals surface area contributed by atoms with Gasteiger partial charge in [-0.25, -0.2) is 0 Å². The Bertz CT molecular complexity index is 222. The maximum absolute atomic E-state index is 8.70. The average molecular weight is 325 g/mol. The van der Waals surface area contributed by atoms with Gasteiger partial charge in [0.1, 0.15) is 0 Å². The number of aliphatic hydroxyl groups is 1.